The molecule has 2 aliphatic carbocycles. The Bertz CT molecular complexity index is 960. The van der Waals surface area contributed by atoms with Crippen LogP contribution in [0.15, 0.2) is 84.9 Å². The van der Waals surface area contributed by atoms with Crippen LogP contribution in [0.1, 0.15) is 50.1 Å². The van der Waals surface area contributed by atoms with Gasteiger partial charge in [0.05, 0.1) is 11.1 Å². The maximum atomic E-state index is 12.7. The van der Waals surface area contributed by atoms with E-state index in [-0.39, 0.29) is 23.8 Å². The summed E-state index contributed by atoms with van der Waals surface area (Å²) >= 11 is 0. The molecular weight excluding hydrogens is 364 g/mol. The van der Waals surface area contributed by atoms with Gasteiger partial charge >= 0.3 is 11.9 Å². The monoisotopic (exact) mass is 384 g/mol. The highest BCUT2D eigenvalue weighted by atomic mass is 16.6. The Balaban J connectivity index is 1.44. The lowest BCUT2D eigenvalue weighted by Crippen LogP contribution is -2.39. The van der Waals surface area contributed by atoms with Crippen molar-refractivity contribution in [2.45, 2.75) is 30.5 Å². The summed E-state index contributed by atoms with van der Waals surface area (Å²) in [6, 6.07) is 26.0. The number of esters is 2. The zero-order chi connectivity index (χ0) is 19.8. The molecule has 4 atom stereocenters. The van der Waals surface area contributed by atoms with Crippen LogP contribution in [0.5, 0.6) is 0 Å². The first kappa shape index (κ1) is 17.7. The highest BCUT2D eigenvalue weighted by Crippen LogP contribution is 2.55. The van der Waals surface area contributed by atoms with Crippen molar-refractivity contribution in [2.75, 3.05) is 0 Å². The van der Waals surface area contributed by atoms with Crippen LogP contribution in [0.4, 0.5) is 0 Å². The first-order chi connectivity index (χ1) is 14.2. The summed E-state index contributed by atoms with van der Waals surface area (Å²) < 4.78 is 11.8. The maximum Gasteiger partial charge on any atom is 0.338 e. The highest BCUT2D eigenvalue weighted by molar-refractivity contribution is 5.90. The second-order valence-corrected chi connectivity index (χ2v) is 7.55. The van der Waals surface area contributed by atoms with Gasteiger partial charge in [-0.1, -0.05) is 60.7 Å². The van der Waals surface area contributed by atoms with Gasteiger partial charge in [-0.3, -0.25) is 0 Å². The lowest BCUT2D eigenvalue weighted by molar-refractivity contribution is -0.0348. The molecule has 5 rings (SSSR count). The van der Waals surface area contributed by atoms with Gasteiger partial charge in [-0.15, -0.1) is 0 Å². The molecule has 0 unspecified atom stereocenters. The Kier molecular flexibility index (Phi) is 4.39. The molecule has 0 spiro atoms. The van der Waals surface area contributed by atoms with E-state index in [2.05, 4.69) is 12.1 Å². The molecule has 4 heteroatoms. The molecule has 0 saturated heterocycles. The van der Waals surface area contributed by atoms with E-state index in [1.165, 1.54) is 11.1 Å². The summed E-state index contributed by atoms with van der Waals surface area (Å²) in [6.07, 6.45) is -0.163. The van der Waals surface area contributed by atoms with Gasteiger partial charge in [-0.2, -0.15) is 0 Å². The molecule has 0 N–H and O–H groups in total. The van der Waals surface area contributed by atoms with Gasteiger partial charge in [0.15, 0.2) is 0 Å². The van der Waals surface area contributed by atoms with E-state index in [4.69, 9.17) is 9.47 Å². The third-order valence-corrected chi connectivity index (χ3v) is 5.92. The molecule has 0 aliphatic heterocycles. The van der Waals surface area contributed by atoms with Crippen LogP contribution in [0, 0.1) is 0 Å². The van der Waals surface area contributed by atoms with Crippen LogP contribution < -0.4 is 0 Å². The molecule has 0 heterocycles. The number of hydrogen-bond donors (Lipinski definition) is 0. The zero-order valence-corrected chi connectivity index (χ0v) is 15.7. The summed E-state index contributed by atoms with van der Waals surface area (Å²) in [6.45, 7) is 0. The number of carbonyl (C=O) groups excluding carboxylic acids is 2. The smallest absolute Gasteiger partial charge is 0.338 e. The van der Waals surface area contributed by atoms with Crippen molar-refractivity contribution in [1.29, 1.82) is 0 Å². The number of rotatable bonds is 4. The predicted octanol–water partition coefficient (Wildman–Crippen LogP) is 4.72. The minimum atomic E-state index is -0.490. The second kappa shape index (κ2) is 7.21. The molecular formula is C25H20O4. The Morgan fingerprint density at radius 1 is 0.586 bits per heavy atom. The van der Waals surface area contributed by atoms with Crippen LogP contribution >= 0.6 is 0 Å². The third kappa shape index (κ3) is 3.11. The molecule has 1 saturated carbocycles. The van der Waals surface area contributed by atoms with Gasteiger partial charge in [-0.25, -0.2) is 9.59 Å². The van der Waals surface area contributed by atoms with Crippen molar-refractivity contribution in [3.05, 3.63) is 107 Å². The van der Waals surface area contributed by atoms with Crippen LogP contribution in [0.3, 0.4) is 0 Å². The van der Waals surface area contributed by atoms with Crippen molar-refractivity contribution < 1.29 is 19.1 Å². The predicted molar refractivity (Wildman–Crippen MR) is 108 cm³/mol. The minimum Gasteiger partial charge on any atom is -0.454 e. The molecule has 0 radical (unpaired) electrons. The van der Waals surface area contributed by atoms with Crippen molar-refractivity contribution in [3.8, 4) is 0 Å². The lowest BCUT2D eigenvalue weighted by atomic mass is 9.87. The number of benzene rings is 3. The minimum absolute atomic E-state index is 0.0393. The van der Waals surface area contributed by atoms with Crippen molar-refractivity contribution in [3.63, 3.8) is 0 Å². The first-order valence-corrected chi connectivity index (χ1v) is 9.83. The van der Waals surface area contributed by atoms with Crippen LogP contribution in [0.2, 0.25) is 0 Å². The van der Waals surface area contributed by atoms with Crippen LogP contribution in [-0.2, 0) is 9.47 Å². The summed E-state index contributed by atoms with van der Waals surface area (Å²) in [5.41, 5.74) is 3.37. The standard InChI is InChI=1S/C25H20O4/c26-24(16-9-3-1-4-10-16)28-22-20-15-21(19-14-8-7-13-18(19)20)23(22)29-25(27)17-11-5-2-6-12-17/h1-14,20-23H,15H2/t20-,21+,22-,23+. The largest absolute Gasteiger partial charge is 0.454 e. The van der Waals surface area contributed by atoms with E-state index >= 15 is 0 Å². The fourth-order valence-electron chi connectivity index (χ4n) is 4.62. The molecule has 2 aliphatic rings. The molecule has 2 bridgehead atoms. The number of carbonyl (C=O) groups is 2. The van der Waals surface area contributed by atoms with Gasteiger partial charge in [-0.05, 0) is 41.8 Å². The van der Waals surface area contributed by atoms with E-state index in [1.54, 1.807) is 48.5 Å². The SMILES string of the molecule is O=C(O[C@@H]1[C@H](OC(=O)c2ccccc2)[C@@H]2C[C@H]1c1ccccc12)c1ccccc1. The molecule has 29 heavy (non-hydrogen) atoms. The molecule has 4 nitrogen and oxygen atoms in total. The normalized spacial score (nSPS) is 24.0. The average Bonchev–Trinajstić information content (AvgIpc) is 3.32. The second-order valence-electron chi connectivity index (χ2n) is 7.55. The quantitative estimate of drug-likeness (QED) is 0.611. The van der Waals surface area contributed by atoms with Gasteiger partial charge in [0.2, 0.25) is 0 Å². The number of hydrogen-bond acceptors (Lipinski definition) is 4. The van der Waals surface area contributed by atoms with Gasteiger partial charge < -0.3 is 9.47 Å². The van der Waals surface area contributed by atoms with E-state index < -0.39 is 12.2 Å². The van der Waals surface area contributed by atoms with E-state index in [9.17, 15) is 9.59 Å². The fraction of sp³-hybridized carbons (Fsp3) is 0.200. The van der Waals surface area contributed by atoms with E-state index in [1.807, 2.05) is 24.3 Å². The van der Waals surface area contributed by atoms with Gasteiger partial charge in [0.1, 0.15) is 12.2 Å². The summed E-state index contributed by atoms with van der Waals surface area (Å²) in [5.74, 6) is -0.697. The Morgan fingerprint density at radius 3 is 1.38 bits per heavy atom. The number of fused-ring (bicyclic) bond motifs is 5. The zero-order valence-electron chi connectivity index (χ0n) is 15.7. The lowest BCUT2D eigenvalue weighted by Gasteiger charge is -2.32. The average molecular weight is 384 g/mol. The van der Waals surface area contributed by atoms with Gasteiger partial charge in [0, 0.05) is 11.8 Å². The first-order valence-electron chi connectivity index (χ1n) is 9.83. The Hall–Kier alpha value is -3.40. The Morgan fingerprint density at radius 2 is 0.966 bits per heavy atom. The highest BCUT2D eigenvalue weighted by Gasteiger charge is 2.55. The Labute approximate surface area is 169 Å². The van der Waals surface area contributed by atoms with E-state index in [0.29, 0.717) is 11.1 Å². The summed E-state index contributed by atoms with van der Waals surface area (Å²) in [7, 11) is 0. The summed E-state index contributed by atoms with van der Waals surface area (Å²) in [4.78, 5) is 25.5. The molecule has 0 aromatic heterocycles. The van der Waals surface area contributed by atoms with Crippen molar-refractivity contribution in [1.82, 2.24) is 0 Å². The van der Waals surface area contributed by atoms with Crippen LogP contribution in [0.25, 0.3) is 0 Å². The molecule has 0 amide bonds. The molecule has 3 aromatic rings. The summed E-state index contributed by atoms with van der Waals surface area (Å²) in [5, 5.41) is 0. The van der Waals surface area contributed by atoms with E-state index in [0.717, 1.165) is 6.42 Å². The van der Waals surface area contributed by atoms with Crippen molar-refractivity contribution >= 4 is 11.9 Å². The molecule has 1 fully saturated rings. The molecule has 3 aromatic carbocycles. The maximum absolute atomic E-state index is 12.7. The van der Waals surface area contributed by atoms with Gasteiger partial charge in [0.25, 0.3) is 0 Å². The topological polar surface area (TPSA) is 52.6 Å². The van der Waals surface area contributed by atoms with Crippen molar-refractivity contribution in [2.24, 2.45) is 0 Å². The fourth-order valence-corrected chi connectivity index (χ4v) is 4.62. The number of ether oxygens (including phenoxy) is 2. The van der Waals surface area contributed by atoms with Crippen LogP contribution in [-0.4, -0.2) is 24.1 Å². The third-order valence-electron chi connectivity index (χ3n) is 5.92. The molecule has 144 valence electrons.